The van der Waals surface area contributed by atoms with E-state index in [-0.39, 0.29) is 17.8 Å². The van der Waals surface area contributed by atoms with Gasteiger partial charge in [0.2, 0.25) is 5.91 Å². The van der Waals surface area contributed by atoms with Gasteiger partial charge in [0, 0.05) is 22.2 Å². The smallest absolute Gasteiger partial charge is 0.249 e. The molecule has 0 fully saturated rings. The lowest BCUT2D eigenvalue weighted by molar-refractivity contribution is -0.111. The molecule has 2 rings (SSSR count). The minimum atomic E-state index is -0.378. The summed E-state index contributed by atoms with van der Waals surface area (Å²) in [5.74, 6) is -0.0833. The molecule has 22 heavy (non-hydrogen) atoms. The fourth-order valence-corrected chi connectivity index (χ4v) is 2.29. The Kier molecular flexibility index (Phi) is 5.49. The second-order valence-corrected chi connectivity index (χ2v) is 5.82. The first-order valence-electron chi connectivity index (χ1n) is 6.99. The zero-order valence-corrected chi connectivity index (χ0v) is 14.0. The van der Waals surface area contributed by atoms with Crippen molar-refractivity contribution >= 4 is 33.7 Å². The molecule has 1 heterocycles. The molecule has 0 radical (unpaired) electrons. The predicted octanol–water partition coefficient (Wildman–Crippen LogP) is 4.41. The van der Waals surface area contributed by atoms with Crippen LogP contribution in [-0.4, -0.2) is 15.7 Å². The summed E-state index contributed by atoms with van der Waals surface area (Å²) in [6.45, 7) is 4.07. The van der Waals surface area contributed by atoms with Crippen LogP contribution in [0.4, 0.5) is 10.2 Å². The van der Waals surface area contributed by atoms with Crippen LogP contribution in [0.1, 0.15) is 31.9 Å². The highest BCUT2D eigenvalue weighted by molar-refractivity contribution is 9.10. The maximum atomic E-state index is 13.6. The van der Waals surface area contributed by atoms with E-state index in [1.807, 2.05) is 13.8 Å². The SMILES string of the molecule is CCC(C)n1nccc1NC(=O)/C=C/c1cc(Br)ccc1F. The molecule has 0 bridgehead atoms. The quantitative estimate of drug-likeness (QED) is 0.797. The predicted molar refractivity (Wildman–Crippen MR) is 89.0 cm³/mol. The second kappa shape index (κ2) is 7.35. The lowest BCUT2D eigenvalue weighted by Gasteiger charge is -2.13. The number of rotatable bonds is 5. The molecule has 0 saturated heterocycles. The zero-order chi connectivity index (χ0) is 16.1. The summed E-state index contributed by atoms with van der Waals surface area (Å²) in [5, 5.41) is 6.95. The van der Waals surface area contributed by atoms with E-state index >= 15 is 0 Å². The van der Waals surface area contributed by atoms with Crippen molar-refractivity contribution in [1.29, 1.82) is 0 Å². The average Bonchev–Trinajstić information content (AvgIpc) is 2.95. The van der Waals surface area contributed by atoms with E-state index in [2.05, 4.69) is 26.3 Å². The molecule has 0 aliphatic heterocycles. The van der Waals surface area contributed by atoms with E-state index in [9.17, 15) is 9.18 Å². The monoisotopic (exact) mass is 365 g/mol. The number of nitrogens with one attached hydrogen (secondary N) is 1. The Hall–Kier alpha value is -1.95. The van der Waals surface area contributed by atoms with Crippen LogP contribution >= 0.6 is 15.9 Å². The van der Waals surface area contributed by atoms with Crippen LogP contribution in [0, 0.1) is 5.82 Å². The molecule has 0 spiro atoms. The third kappa shape index (κ3) is 4.04. The maximum absolute atomic E-state index is 13.6. The molecule has 1 atom stereocenters. The molecule has 0 aliphatic rings. The van der Waals surface area contributed by atoms with Crippen molar-refractivity contribution < 1.29 is 9.18 Å². The van der Waals surface area contributed by atoms with Crippen LogP contribution in [0.15, 0.2) is 41.0 Å². The molecule has 1 aromatic carbocycles. The number of amides is 1. The van der Waals surface area contributed by atoms with E-state index in [0.717, 1.165) is 10.9 Å². The number of benzene rings is 1. The van der Waals surface area contributed by atoms with Gasteiger partial charge in [0.1, 0.15) is 11.6 Å². The lowest BCUT2D eigenvalue weighted by Crippen LogP contribution is -2.15. The molecule has 0 saturated carbocycles. The van der Waals surface area contributed by atoms with Gasteiger partial charge in [0.05, 0.1) is 12.2 Å². The van der Waals surface area contributed by atoms with Gasteiger partial charge in [-0.25, -0.2) is 9.07 Å². The number of hydrogen-bond donors (Lipinski definition) is 1. The van der Waals surface area contributed by atoms with Gasteiger partial charge >= 0.3 is 0 Å². The van der Waals surface area contributed by atoms with Crippen molar-refractivity contribution in [2.24, 2.45) is 0 Å². The van der Waals surface area contributed by atoms with Crippen molar-refractivity contribution in [3.05, 3.63) is 52.4 Å². The highest BCUT2D eigenvalue weighted by Gasteiger charge is 2.09. The topological polar surface area (TPSA) is 46.9 Å². The Bertz CT molecular complexity index is 696. The molecule has 1 N–H and O–H groups in total. The van der Waals surface area contributed by atoms with Crippen molar-refractivity contribution in [2.45, 2.75) is 26.3 Å². The molecule has 0 aliphatic carbocycles. The van der Waals surface area contributed by atoms with Gasteiger partial charge < -0.3 is 5.32 Å². The van der Waals surface area contributed by atoms with E-state index in [0.29, 0.717) is 11.4 Å². The van der Waals surface area contributed by atoms with E-state index in [1.54, 1.807) is 29.1 Å². The van der Waals surface area contributed by atoms with Crippen LogP contribution in [0.3, 0.4) is 0 Å². The number of aromatic nitrogens is 2. The first-order valence-corrected chi connectivity index (χ1v) is 7.78. The highest BCUT2D eigenvalue weighted by atomic mass is 79.9. The Labute approximate surface area is 137 Å². The number of anilines is 1. The van der Waals surface area contributed by atoms with E-state index < -0.39 is 0 Å². The molecule has 1 amide bonds. The number of halogens is 2. The summed E-state index contributed by atoms with van der Waals surface area (Å²) in [7, 11) is 0. The normalized spacial score (nSPS) is 12.5. The van der Waals surface area contributed by atoms with E-state index in [1.165, 1.54) is 18.2 Å². The first-order chi connectivity index (χ1) is 10.5. The van der Waals surface area contributed by atoms with Crippen molar-refractivity contribution in [3.8, 4) is 0 Å². The summed E-state index contributed by atoms with van der Waals surface area (Å²) in [6, 6.07) is 6.49. The van der Waals surface area contributed by atoms with Crippen molar-refractivity contribution in [3.63, 3.8) is 0 Å². The van der Waals surface area contributed by atoms with Gasteiger partial charge in [-0.3, -0.25) is 4.79 Å². The first kappa shape index (κ1) is 16.4. The fourth-order valence-electron chi connectivity index (χ4n) is 1.91. The summed E-state index contributed by atoms with van der Waals surface area (Å²) >= 11 is 3.27. The van der Waals surface area contributed by atoms with E-state index in [4.69, 9.17) is 0 Å². The molecule has 1 unspecified atom stereocenters. The minimum Gasteiger partial charge on any atom is -0.307 e. The van der Waals surface area contributed by atoms with Crippen LogP contribution < -0.4 is 5.32 Å². The fraction of sp³-hybridized carbons (Fsp3) is 0.250. The maximum Gasteiger partial charge on any atom is 0.249 e. The lowest BCUT2D eigenvalue weighted by atomic mass is 10.2. The number of hydrogen-bond acceptors (Lipinski definition) is 2. The molecule has 2 aromatic rings. The molecule has 1 aromatic heterocycles. The average molecular weight is 366 g/mol. The molecule has 116 valence electrons. The van der Waals surface area contributed by atoms with Gasteiger partial charge in [-0.15, -0.1) is 0 Å². The minimum absolute atomic E-state index is 0.191. The van der Waals surface area contributed by atoms with Gasteiger partial charge in [0.15, 0.2) is 0 Å². The standard InChI is InChI=1S/C16H17BrFN3O/c1-3-11(2)21-15(8-9-19-21)20-16(22)7-4-12-10-13(17)5-6-14(12)18/h4-11H,3H2,1-2H3,(H,20,22)/b7-4+. The summed E-state index contributed by atoms with van der Waals surface area (Å²) < 4.78 is 16.1. The molecule has 6 heteroatoms. The highest BCUT2D eigenvalue weighted by Crippen LogP contribution is 2.18. The largest absolute Gasteiger partial charge is 0.307 e. The van der Waals surface area contributed by atoms with Gasteiger partial charge in [-0.2, -0.15) is 5.10 Å². The molecular weight excluding hydrogens is 349 g/mol. The molecular formula is C16H17BrFN3O. The van der Waals surface area contributed by atoms with Crippen molar-refractivity contribution in [2.75, 3.05) is 5.32 Å². The number of nitrogens with zero attached hydrogens (tertiary/aromatic N) is 2. The summed E-state index contributed by atoms with van der Waals surface area (Å²) in [6.07, 6.45) is 5.29. The number of carbonyl (C=O) groups excluding carboxylic acids is 1. The summed E-state index contributed by atoms with van der Waals surface area (Å²) in [4.78, 5) is 12.0. The number of carbonyl (C=O) groups is 1. The summed E-state index contributed by atoms with van der Waals surface area (Å²) in [5.41, 5.74) is 0.347. The van der Waals surface area contributed by atoms with Gasteiger partial charge in [-0.05, 0) is 37.6 Å². The Morgan fingerprint density at radius 3 is 3.00 bits per heavy atom. The third-order valence-corrected chi connectivity index (χ3v) is 3.80. The molecule has 4 nitrogen and oxygen atoms in total. The van der Waals surface area contributed by atoms with Crippen molar-refractivity contribution in [1.82, 2.24) is 9.78 Å². The Balaban J connectivity index is 2.09. The van der Waals surface area contributed by atoms with Crippen LogP contribution in [0.25, 0.3) is 6.08 Å². The third-order valence-electron chi connectivity index (χ3n) is 3.30. The van der Waals surface area contributed by atoms with Crippen LogP contribution in [0.5, 0.6) is 0 Å². The van der Waals surface area contributed by atoms with Crippen LogP contribution in [0.2, 0.25) is 0 Å². The van der Waals surface area contributed by atoms with Gasteiger partial charge in [-0.1, -0.05) is 22.9 Å². The van der Waals surface area contributed by atoms with Gasteiger partial charge in [0.25, 0.3) is 0 Å². The Morgan fingerprint density at radius 2 is 2.27 bits per heavy atom. The second-order valence-electron chi connectivity index (χ2n) is 4.91. The Morgan fingerprint density at radius 1 is 1.50 bits per heavy atom. The van der Waals surface area contributed by atoms with Crippen LogP contribution in [-0.2, 0) is 4.79 Å². The zero-order valence-electron chi connectivity index (χ0n) is 12.4.